The number of esters is 1. The molecule has 0 aliphatic heterocycles. The molecule has 0 saturated carbocycles. The largest absolute Gasteiger partial charge is 0.461 e. The van der Waals surface area contributed by atoms with E-state index in [2.05, 4.69) is 20.5 Å². The van der Waals surface area contributed by atoms with Crippen LogP contribution in [0.4, 0.5) is 5.82 Å². The number of benzene rings is 1. The summed E-state index contributed by atoms with van der Waals surface area (Å²) in [6.07, 6.45) is 0. The van der Waals surface area contributed by atoms with Crippen molar-refractivity contribution in [3.05, 3.63) is 58.6 Å². The number of hydrogen-bond acceptors (Lipinski definition) is 7. The normalized spacial score (nSPS) is 10.5. The lowest BCUT2D eigenvalue weighted by Gasteiger charge is -2.10. The van der Waals surface area contributed by atoms with Crippen molar-refractivity contribution >= 4 is 23.1 Å². The summed E-state index contributed by atoms with van der Waals surface area (Å²) in [4.78, 5) is 17.5. The Balaban J connectivity index is 1.88. The van der Waals surface area contributed by atoms with E-state index in [1.807, 2.05) is 48.7 Å². The van der Waals surface area contributed by atoms with Crippen LogP contribution in [0.25, 0.3) is 10.7 Å². The van der Waals surface area contributed by atoms with Gasteiger partial charge in [-0.2, -0.15) is 0 Å². The maximum atomic E-state index is 12.1. The molecule has 0 saturated heterocycles. The second kappa shape index (κ2) is 7.85. The third-order valence-electron chi connectivity index (χ3n) is 3.48. The summed E-state index contributed by atoms with van der Waals surface area (Å²) >= 11 is 1.52. The molecule has 3 rings (SSSR count). The highest BCUT2D eigenvalue weighted by Gasteiger charge is 2.19. The molecule has 0 bridgehead atoms. The maximum Gasteiger partial charge on any atom is 0.362 e. The van der Waals surface area contributed by atoms with Crippen molar-refractivity contribution in [3.8, 4) is 10.7 Å². The lowest BCUT2D eigenvalue weighted by atomic mass is 10.1. The Morgan fingerprint density at radius 3 is 2.68 bits per heavy atom. The summed E-state index contributed by atoms with van der Waals surface area (Å²) in [5, 5.41) is 13.2. The minimum Gasteiger partial charge on any atom is -0.461 e. The fourth-order valence-electron chi connectivity index (χ4n) is 2.19. The standard InChI is InChI=1S/C18H18N4O2S/c1-3-24-18(23)15-17(19-11-13-8-6-12(2)7-9-13)20-16(22-21-15)14-5-4-10-25-14/h4-10H,3,11H2,1-2H3,(H,19,20,22). The van der Waals surface area contributed by atoms with Gasteiger partial charge in [0.1, 0.15) is 0 Å². The Hall–Kier alpha value is -2.80. The van der Waals surface area contributed by atoms with Crippen LogP contribution in [0.2, 0.25) is 0 Å². The molecule has 0 amide bonds. The lowest BCUT2D eigenvalue weighted by Crippen LogP contribution is -2.15. The van der Waals surface area contributed by atoms with Gasteiger partial charge in [0.05, 0.1) is 11.5 Å². The Morgan fingerprint density at radius 2 is 2.00 bits per heavy atom. The molecule has 1 aromatic carbocycles. The number of aromatic nitrogens is 3. The average Bonchev–Trinajstić information content (AvgIpc) is 3.16. The molecule has 2 aromatic heterocycles. The minimum absolute atomic E-state index is 0.0919. The van der Waals surface area contributed by atoms with E-state index in [9.17, 15) is 4.79 Å². The van der Waals surface area contributed by atoms with Gasteiger partial charge in [-0.1, -0.05) is 35.9 Å². The third kappa shape index (κ3) is 4.19. The molecule has 2 heterocycles. The average molecular weight is 354 g/mol. The molecule has 6 nitrogen and oxygen atoms in total. The molecule has 0 fully saturated rings. The van der Waals surface area contributed by atoms with Crippen molar-refractivity contribution in [1.29, 1.82) is 0 Å². The first-order chi connectivity index (χ1) is 12.2. The van der Waals surface area contributed by atoms with E-state index in [-0.39, 0.29) is 12.3 Å². The van der Waals surface area contributed by atoms with E-state index in [0.29, 0.717) is 18.2 Å². The summed E-state index contributed by atoms with van der Waals surface area (Å²) in [7, 11) is 0. The molecule has 1 N–H and O–H groups in total. The quantitative estimate of drug-likeness (QED) is 0.680. The van der Waals surface area contributed by atoms with Gasteiger partial charge in [-0.15, -0.1) is 21.5 Å². The van der Waals surface area contributed by atoms with Gasteiger partial charge in [0, 0.05) is 6.54 Å². The molecule has 7 heteroatoms. The van der Waals surface area contributed by atoms with Gasteiger partial charge in [0.25, 0.3) is 0 Å². The number of rotatable bonds is 6. The van der Waals surface area contributed by atoms with Crippen molar-refractivity contribution in [3.63, 3.8) is 0 Å². The predicted molar refractivity (Wildman–Crippen MR) is 97.6 cm³/mol. The molecule has 0 spiro atoms. The number of nitrogens with zero attached hydrogens (tertiary/aromatic N) is 3. The van der Waals surface area contributed by atoms with E-state index in [4.69, 9.17) is 4.74 Å². The first-order valence-corrected chi connectivity index (χ1v) is 8.80. The van der Waals surface area contributed by atoms with E-state index >= 15 is 0 Å². The second-order valence-electron chi connectivity index (χ2n) is 5.37. The molecule has 0 atom stereocenters. The number of aryl methyl sites for hydroxylation is 1. The van der Waals surface area contributed by atoms with Crippen LogP contribution >= 0.6 is 11.3 Å². The molecular weight excluding hydrogens is 336 g/mol. The first kappa shape index (κ1) is 17.0. The summed E-state index contributed by atoms with van der Waals surface area (Å²) in [6, 6.07) is 12.0. The Labute approximate surface area is 149 Å². The molecule has 0 aliphatic rings. The van der Waals surface area contributed by atoms with Crippen LogP contribution in [-0.4, -0.2) is 27.8 Å². The maximum absolute atomic E-state index is 12.1. The summed E-state index contributed by atoms with van der Waals surface area (Å²) in [6.45, 7) is 4.58. The smallest absolute Gasteiger partial charge is 0.362 e. The Kier molecular flexibility index (Phi) is 5.35. The second-order valence-corrected chi connectivity index (χ2v) is 6.32. The fraction of sp³-hybridized carbons (Fsp3) is 0.222. The van der Waals surface area contributed by atoms with E-state index in [1.165, 1.54) is 16.9 Å². The van der Waals surface area contributed by atoms with Crippen LogP contribution in [0.3, 0.4) is 0 Å². The van der Waals surface area contributed by atoms with Gasteiger partial charge in [-0.3, -0.25) is 0 Å². The van der Waals surface area contributed by atoms with Gasteiger partial charge >= 0.3 is 5.97 Å². The van der Waals surface area contributed by atoms with Gasteiger partial charge in [-0.25, -0.2) is 9.78 Å². The summed E-state index contributed by atoms with van der Waals surface area (Å²) in [5.74, 6) is 0.318. The number of carbonyl (C=O) groups is 1. The number of carbonyl (C=O) groups excluding carboxylic acids is 1. The molecule has 3 aromatic rings. The van der Waals surface area contributed by atoms with Crippen LogP contribution in [0.15, 0.2) is 41.8 Å². The van der Waals surface area contributed by atoms with Gasteiger partial charge in [-0.05, 0) is 30.9 Å². The van der Waals surface area contributed by atoms with Crippen LogP contribution < -0.4 is 5.32 Å². The molecule has 0 radical (unpaired) electrons. The number of thiophene rings is 1. The van der Waals surface area contributed by atoms with Crippen molar-refractivity contribution in [2.45, 2.75) is 20.4 Å². The van der Waals surface area contributed by atoms with Crippen LogP contribution in [0, 0.1) is 6.92 Å². The van der Waals surface area contributed by atoms with Crippen molar-refractivity contribution in [1.82, 2.24) is 15.2 Å². The third-order valence-corrected chi connectivity index (χ3v) is 4.34. The number of ether oxygens (including phenoxy) is 1. The van der Waals surface area contributed by atoms with Crippen molar-refractivity contribution < 1.29 is 9.53 Å². The highest BCUT2D eigenvalue weighted by atomic mass is 32.1. The van der Waals surface area contributed by atoms with Gasteiger partial charge in [0.15, 0.2) is 11.6 Å². The van der Waals surface area contributed by atoms with E-state index < -0.39 is 5.97 Å². The highest BCUT2D eigenvalue weighted by molar-refractivity contribution is 7.13. The molecule has 0 aliphatic carbocycles. The summed E-state index contributed by atoms with van der Waals surface area (Å²) < 4.78 is 5.05. The molecule has 128 valence electrons. The first-order valence-electron chi connectivity index (χ1n) is 7.92. The molecule has 0 unspecified atom stereocenters. The van der Waals surface area contributed by atoms with Gasteiger partial charge in [0.2, 0.25) is 5.69 Å². The van der Waals surface area contributed by atoms with Gasteiger partial charge < -0.3 is 10.1 Å². The van der Waals surface area contributed by atoms with E-state index in [1.54, 1.807) is 6.92 Å². The van der Waals surface area contributed by atoms with Crippen molar-refractivity contribution in [2.24, 2.45) is 0 Å². The SMILES string of the molecule is CCOC(=O)c1nnc(-c2cccs2)nc1NCc1ccc(C)cc1. The van der Waals surface area contributed by atoms with E-state index in [0.717, 1.165) is 10.4 Å². The minimum atomic E-state index is -0.536. The Morgan fingerprint density at radius 1 is 1.20 bits per heavy atom. The zero-order chi connectivity index (χ0) is 17.6. The predicted octanol–water partition coefficient (Wildman–Crippen LogP) is 3.70. The van der Waals surface area contributed by atoms with Crippen molar-refractivity contribution in [2.75, 3.05) is 11.9 Å². The van der Waals surface area contributed by atoms with Crippen LogP contribution in [0.1, 0.15) is 28.5 Å². The van der Waals surface area contributed by atoms with Crippen LogP contribution in [0.5, 0.6) is 0 Å². The number of nitrogens with one attached hydrogen (secondary N) is 1. The fourth-order valence-corrected chi connectivity index (χ4v) is 2.84. The highest BCUT2D eigenvalue weighted by Crippen LogP contribution is 2.23. The Bertz CT molecular complexity index is 848. The summed E-state index contributed by atoms with van der Waals surface area (Å²) in [5.41, 5.74) is 2.37. The zero-order valence-corrected chi connectivity index (χ0v) is 14.8. The zero-order valence-electron chi connectivity index (χ0n) is 14.0. The number of anilines is 1. The molecule has 25 heavy (non-hydrogen) atoms. The number of hydrogen-bond donors (Lipinski definition) is 1. The van der Waals surface area contributed by atoms with Crippen LogP contribution in [-0.2, 0) is 11.3 Å². The monoisotopic (exact) mass is 354 g/mol. The topological polar surface area (TPSA) is 77.0 Å². The lowest BCUT2D eigenvalue weighted by molar-refractivity contribution is 0.0519. The molecular formula is C18H18N4O2S.